The highest BCUT2D eigenvalue weighted by atomic mass is 16.4. The van der Waals surface area contributed by atoms with Crippen LogP contribution >= 0.6 is 0 Å². The summed E-state index contributed by atoms with van der Waals surface area (Å²) in [5.74, 6) is -3.17. The Morgan fingerprint density at radius 2 is 1.69 bits per heavy atom. The predicted molar refractivity (Wildman–Crippen MR) is 117 cm³/mol. The van der Waals surface area contributed by atoms with Crippen LogP contribution in [0.25, 0.3) is 0 Å². The van der Waals surface area contributed by atoms with Gasteiger partial charge in [-0.25, -0.2) is 9.78 Å². The van der Waals surface area contributed by atoms with Crippen molar-refractivity contribution in [2.24, 2.45) is 17.4 Å². The van der Waals surface area contributed by atoms with E-state index < -0.39 is 47.9 Å². The lowest BCUT2D eigenvalue weighted by Crippen LogP contribution is -2.58. The topological polar surface area (TPSA) is 205 Å². The lowest BCUT2D eigenvalue weighted by Gasteiger charge is -2.26. The summed E-state index contributed by atoms with van der Waals surface area (Å²) in [5, 5.41) is 17.2. The summed E-state index contributed by atoms with van der Waals surface area (Å²) in [6.45, 7) is 5.42. The minimum Gasteiger partial charge on any atom is -0.480 e. The first kappa shape index (κ1) is 27.0. The van der Waals surface area contributed by atoms with E-state index in [4.69, 9.17) is 11.5 Å². The van der Waals surface area contributed by atoms with E-state index in [-0.39, 0.29) is 18.8 Å². The van der Waals surface area contributed by atoms with E-state index in [9.17, 15) is 24.3 Å². The molecule has 32 heavy (non-hydrogen) atoms. The van der Waals surface area contributed by atoms with E-state index in [0.29, 0.717) is 25.1 Å². The standard InChI is InChI=1S/C20H35N7O5/c1-11(2)16(27-17(28)12(3)22)19(30)25-14(6-4-5-7-21)18(29)26-15(20(31)32)8-13-9-23-10-24-13/h9-12,14-16H,4-8,21-22H2,1-3H3,(H,23,24)(H,25,30)(H,26,29)(H,27,28)(H,31,32). The number of hydrogen-bond acceptors (Lipinski definition) is 7. The summed E-state index contributed by atoms with van der Waals surface area (Å²) >= 11 is 0. The summed E-state index contributed by atoms with van der Waals surface area (Å²) in [4.78, 5) is 56.0. The maximum atomic E-state index is 12.9. The quantitative estimate of drug-likeness (QED) is 0.167. The molecule has 1 aromatic rings. The molecule has 9 N–H and O–H groups in total. The maximum Gasteiger partial charge on any atom is 0.326 e. The van der Waals surface area contributed by atoms with Gasteiger partial charge >= 0.3 is 5.97 Å². The number of H-pyrrole nitrogens is 1. The summed E-state index contributed by atoms with van der Waals surface area (Å²) < 4.78 is 0. The zero-order valence-corrected chi connectivity index (χ0v) is 18.8. The third kappa shape index (κ3) is 9.02. The number of rotatable bonds is 14. The van der Waals surface area contributed by atoms with Gasteiger partial charge in [-0.1, -0.05) is 13.8 Å². The van der Waals surface area contributed by atoms with Crippen molar-refractivity contribution in [3.63, 3.8) is 0 Å². The van der Waals surface area contributed by atoms with Crippen LogP contribution in [0.4, 0.5) is 0 Å². The highest BCUT2D eigenvalue weighted by Crippen LogP contribution is 2.07. The third-order valence-electron chi connectivity index (χ3n) is 4.83. The van der Waals surface area contributed by atoms with Crippen molar-refractivity contribution >= 4 is 23.7 Å². The molecule has 0 aliphatic heterocycles. The maximum absolute atomic E-state index is 12.9. The Hall–Kier alpha value is -2.99. The Morgan fingerprint density at radius 1 is 1.03 bits per heavy atom. The Labute approximate surface area is 187 Å². The second-order valence-electron chi connectivity index (χ2n) is 8.04. The number of aromatic nitrogens is 2. The van der Waals surface area contributed by atoms with Gasteiger partial charge < -0.3 is 37.5 Å². The number of nitrogens with zero attached hydrogens (tertiary/aromatic N) is 1. The van der Waals surface area contributed by atoms with Gasteiger partial charge in [-0.15, -0.1) is 0 Å². The number of carboxylic acid groups (broad SMARTS) is 1. The van der Waals surface area contributed by atoms with Crippen LogP contribution in [0.1, 0.15) is 45.7 Å². The number of imidazole rings is 1. The number of nitrogens with one attached hydrogen (secondary N) is 4. The molecule has 0 saturated carbocycles. The fraction of sp³-hybridized carbons (Fsp3) is 0.650. The number of carbonyl (C=O) groups excluding carboxylic acids is 3. The zero-order chi connectivity index (χ0) is 24.3. The van der Waals surface area contributed by atoms with Crippen molar-refractivity contribution in [1.82, 2.24) is 25.9 Å². The van der Waals surface area contributed by atoms with Crippen LogP contribution in [-0.2, 0) is 25.6 Å². The number of aromatic amines is 1. The van der Waals surface area contributed by atoms with Crippen molar-refractivity contribution in [3.05, 3.63) is 18.2 Å². The molecule has 3 amide bonds. The van der Waals surface area contributed by atoms with Crippen molar-refractivity contribution in [1.29, 1.82) is 0 Å². The molecule has 0 radical (unpaired) electrons. The Bertz CT molecular complexity index is 752. The Morgan fingerprint density at radius 3 is 2.19 bits per heavy atom. The SMILES string of the molecule is CC(N)C(=O)NC(C(=O)NC(CCCCN)C(=O)NC(Cc1cnc[nH]1)C(=O)O)C(C)C. The molecule has 12 heteroatoms. The van der Waals surface area contributed by atoms with Crippen molar-refractivity contribution in [2.75, 3.05) is 6.54 Å². The van der Waals surface area contributed by atoms with Gasteiger partial charge in [0, 0.05) is 18.3 Å². The molecule has 4 atom stereocenters. The van der Waals surface area contributed by atoms with Crippen LogP contribution in [0, 0.1) is 5.92 Å². The number of unbranched alkanes of at least 4 members (excludes halogenated alkanes) is 1. The normalized spacial score (nSPS) is 14.8. The second-order valence-corrected chi connectivity index (χ2v) is 8.04. The average molecular weight is 454 g/mol. The van der Waals surface area contributed by atoms with Crippen LogP contribution in [0.3, 0.4) is 0 Å². The van der Waals surface area contributed by atoms with Crippen LogP contribution in [0.2, 0.25) is 0 Å². The number of nitrogens with two attached hydrogens (primary N) is 2. The molecule has 0 bridgehead atoms. The van der Waals surface area contributed by atoms with Crippen LogP contribution < -0.4 is 27.4 Å². The number of amides is 3. The molecule has 180 valence electrons. The first-order chi connectivity index (χ1) is 15.1. The van der Waals surface area contributed by atoms with E-state index >= 15 is 0 Å². The van der Waals surface area contributed by atoms with Crippen molar-refractivity contribution < 1.29 is 24.3 Å². The number of carbonyl (C=O) groups is 4. The molecule has 1 heterocycles. The fourth-order valence-electron chi connectivity index (χ4n) is 2.93. The minimum absolute atomic E-state index is 0.00358. The van der Waals surface area contributed by atoms with Gasteiger partial charge in [-0.2, -0.15) is 0 Å². The first-order valence-corrected chi connectivity index (χ1v) is 10.6. The number of aliphatic carboxylic acids is 1. The van der Waals surface area contributed by atoms with Crippen molar-refractivity contribution in [3.8, 4) is 0 Å². The smallest absolute Gasteiger partial charge is 0.326 e. The number of hydrogen-bond donors (Lipinski definition) is 7. The van der Waals surface area contributed by atoms with Gasteiger partial charge in [-0.05, 0) is 38.6 Å². The van der Waals surface area contributed by atoms with E-state index in [0.717, 1.165) is 0 Å². The van der Waals surface area contributed by atoms with Gasteiger partial charge in [0.1, 0.15) is 18.1 Å². The highest BCUT2D eigenvalue weighted by Gasteiger charge is 2.31. The molecule has 0 fully saturated rings. The van der Waals surface area contributed by atoms with E-state index in [2.05, 4.69) is 25.9 Å². The first-order valence-electron chi connectivity index (χ1n) is 10.6. The van der Waals surface area contributed by atoms with Crippen LogP contribution in [-0.4, -0.2) is 69.5 Å². The Kier molecular flexibility index (Phi) is 11.3. The summed E-state index contributed by atoms with van der Waals surface area (Å²) in [7, 11) is 0. The molecule has 0 aliphatic carbocycles. The molecule has 0 saturated heterocycles. The van der Waals surface area contributed by atoms with E-state index in [1.165, 1.54) is 19.4 Å². The van der Waals surface area contributed by atoms with E-state index in [1.54, 1.807) is 13.8 Å². The number of carboxylic acids is 1. The molecule has 1 rings (SSSR count). The molecule has 4 unspecified atom stereocenters. The molecule has 0 aliphatic rings. The predicted octanol–water partition coefficient (Wildman–Crippen LogP) is -1.38. The molecular formula is C20H35N7O5. The summed E-state index contributed by atoms with van der Waals surface area (Å²) in [5.41, 5.74) is 11.6. The monoisotopic (exact) mass is 453 g/mol. The third-order valence-corrected chi connectivity index (χ3v) is 4.83. The molecule has 0 aromatic carbocycles. The largest absolute Gasteiger partial charge is 0.480 e. The van der Waals surface area contributed by atoms with Crippen LogP contribution in [0.5, 0.6) is 0 Å². The molecular weight excluding hydrogens is 418 g/mol. The van der Waals surface area contributed by atoms with Gasteiger partial charge in [-0.3, -0.25) is 14.4 Å². The van der Waals surface area contributed by atoms with Gasteiger partial charge in [0.05, 0.1) is 12.4 Å². The Balaban J connectivity index is 2.93. The zero-order valence-electron chi connectivity index (χ0n) is 18.8. The van der Waals surface area contributed by atoms with Gasteiger partial charge in [0.2, 0.25) is 17.7 Å². The van der Waals surface area contributed by atoms with E-state index in [1.807, 2.05) is 0 Å². The second kappa shape index (κ2) is 13.4. The van der Waals surface area contributed by atoms with Crippen LogP contribution in [0.15, 0.2) is 12.5 Å². The van der Waals surface area contributed by atoms with Crippen molar-refractivity contribution in [2.45, 2.75) is 70.6 Å². The van der Waals surface area contributed by atoms with Gasteiger partial charge in [0.25, 0.3) is 0 Å². The minimum atomic E-state index is -1.22. The summed E-state index contributed by atoms with van der Waals surface area (Å²) in [6, 6.07) is -3.91. The molecule has 0 spiro atoms. The average Bonchev–Trinajstić information content (AvgIpc) is 3.23. The highest BCUT2D eigenvalue weighted by molar-refractivity contribution is 5.94. The molecule has 12 nitrogen and oxygen atoms in total. The lowest BCUT2D eigenvalue weighted by atomic mass is 10.0. The lowest BCUT2D eigenvalue weighted by molar-refractivity contribution is -0.142. The molecule has 1 aromatic heterocycles. The summed E-state index contributed by atoms with van der Waals surface area (Å²) in [6.07, 6.45) is 4.32. The van der Waals surface area contributed by atoms with Gasteiger partial charge in [0.15, 0.2) is 0 Å². The fourth-order valence-corrected chi connectivity index (χ4v) is 2.93.